The Bertz CT molecular complexity index is 949. The van der Waals surface area contributed by atoms with Gasteiger partial charge in [0.05, 0.1) is 12.9 Å². The summed E-state index contributed by atoms with van der Waals surface area (Å²) in [5.74, 6) is 0.868. The van der Waals surface area contributed by atoms with Crippen LogP contribution in [0.25, 0.3) is 0 Å². The van der Waals surface area contributed by atoms with Crippen LogP contribution in [0.2, 0.25) is 0 Å². The fraction of sp³-hybridized carbons (Fsp3) is 0.391. The summed E-state index contributed by atoms with van der Waals surface area (Å²) in [6, 6.07) is 13.7. The maximum Gasteiger partial charge on any atom is 0.254 e. The number of para-hydroxylation sites is 1. The molecule has 0 unspecified atom stereocenters. The topological polar surface area (TPSA) is 53.1 Å². The van der Waals surface area contributed by atoms with Gasteiger partial charge in [-0.25, -0.2) is 4.39 Å². The van der Waals surface area contributed by atoms with Gasteiger partial charge in [-0.3, -0.25) is 14.5 Å². The summed E-state index contributed by atoms with van der Waals surface area (Å²) in [6.45, 7) is 4.03. The molecule has 0 aromatic heterocycles. The first-order chi connectivity index (χ1) is 15.1. The molecule has 164 valence electrons. The molecule has 0 aliphatic carbocycles. The maximum absolute atomic E-state index is 13.4. The summed E-state index contributed by atoms with van der Waals surface area (Å²) in [4.78, 5) is 31.1. The molecule has 2 saturated heterocycles. The minimum atomic E-state index is -0.401. The number of nitrogens with zero attached hydrogens (tertiary/aromatic N) is 3. The number of thioether (sulfide) groups is 1. The Morgan fingerprint density at radius 2 is 1.87 bits per heavy atom. The summed E-state index contributed by atoms with van der Waals surface area (Å²) < 4.78 is 18.9. The van der Waals surface area contributed by atoms with Crippen LogP contribution in [0.4, 0.5) is 4.39 Å². The van der Waals surface area contributed by atoms with E-state index in [-0.39, 0.29) is 17.2 Å². The average Bonchev–Trinajstić information content (AvgIpc) is 3.17. The van der Waals surface area contributed by atoms with Gasteiger partial charge in [0.2, 0.25) is 5.91 Å². The van der Waals surface area contributed by atoms with E-state index in [4.69, 9.17) is 4.74 Å². The van der Waals surface area contributed by atoms with Crippen molar-refractivity contribution in [3.63, 3.8) is 0 Å². The molecule has 2 aromatic rings. The minimum absolute atomic E-state index is 0.0421. The number of carbonyl (C=O) groups is 2. The van der Waals surface area contributed by atoms with Crippen molar-refractivity contribution >= 4 is 23.6 Å². The van der Waals surface area contributed by atoms with Crippen LogP contribution in [0.15, 0.2) is 48.5 Å². The molecule has 0 bridgehead atoms. The summed E-state index contributed by atoms with van der Waals surface area (Å²) in [7, 11) is 1.65. The largest absolute Gasteiger partial charge is 0.496 e. The predicted molar refractivity (Wildman–Crippen MR) is 119 cm³/mol. The highest BCUT2D eigenvalue weighted by molar-refractivity contribution is 8.00. The Morgan fingerprint density at radius 1 is 1.10 bits per heavy atom. The van der Waals surface area contributed by atoms with Gasteiger partial charge in [-0.1, -0.05) is 24.3 Å². The second kappa shape index (κ2) is 9.70. The Labute approximate surface area is 185 Å². The van der Waals surface area contributed by atoms with Crippen LogP contribution >= 0.6 is 11.8 Å². The number of hydrogen-bond acceptors (Lipinski definition) is 5. The molecule has 8 heteroatoms. The van der Waals surface area contributed by atoms with Crippen LogP contribution in [-0.2, 0) is 4.79 Å². The normalized spacial score (nSPS) is 19.7. The zero-order valence-electron chi connectivity index (χ0n) is 17.5. The molecule has 0 radical (unpaired) electrons. The monoisotopic (exact) mass is 443 g/mol. The van der Waals surface area contributed by atoms with E-state index in [1.54, 1.807) is 35.9 Å². The number of piperazine rings is 1. The quantitative estimate of drug-likeness (QED) is 0.687. The van der Waals surface area contributed by atoms with Gasteiger partial charge in [0, 0.05) is 50.4 Å². The zero-order chi connectivity index (χ0) is 21.8. The van der Waals surface area contributed by atoms with Gasteiger partial charge in [-0.2, -0.15) is 0 Å². The molecule has 2 aliphatic rings. The van der Waals surface area contributed by atoms with Gasteiger partial charge in [0.25, 0.3) is 5.91 Å². The van der Waals surface area contributed by atoms with Gasteiger partial charge in [0.15, 0.2) is 0 Å². The van der Waals surface area contributed by atoms with Gasteiger partial charge in [-0.05, 0) is 24.3 Å². The molecule has 4 rings (SSSR count). The molecule has 2 aromatic carbocycles. The van der Waals surface area contributed by atoms with Crippen LogP contribution in [0.1, 0.15) is 21.3 Å². The molecule has 1 atom stereocenters. The molecule has 2 fully saturated rings. The highest BCUT2D eigenvalue weighted by atomic mass is 32.2. The number of amides is 2. The van der Waals surface area contributed by atoms with Crippen LogP contribution in [0.3, 0.4) is 0 Å². The molecule has 0 spiro atoms. The Hall–Kier alpha value is -2.58. The predicted octanol–water partition coefficient (Wildman–Crippen LogP) is 2.87. The number of methoxy groups -OCH3 is 1. The lowest BCUT2D eigenvalue weighted by Crippen LogP contribution is -2.50. The SMILES string of the molecule is COc1ccccc1[C@H]1SCC(=O)N1CCN1CCN(C(=O)c2cccc(F)c2)CC1. The zero-order valence-corrected chi connectivity index (χ0v) is 18.3. The Morgan fingerprint density at radius 3 is 2.61 bits per heavy atom. The first kappa shape index (κ1) is 21.6. The number of rotatable bonds is 6. The van der Waals surface area contributed by atoms with Crippen molar-refractivity contribution in [3.8, 4) is 5.75 Å². The van der Waals surface area contributed by atoms with Crippen molar-refractivity contribution in [1.82, 2.24) is 14.7 Å². The van der Waals surface area contributed by atoms with Crippen LogP contribution in [0, 0.1) is 5.82 Å². The minimum Gasteiger partial charge on any atom is -0.496 e. The molecule has 0 saturated carbocycles. The molecular weight excluding hydrogens is 417 g/mol. The number of carbonyl (C=O) groups excluding carboxylic acids is 2. The summed E-state index contributed by atoms with van der Waals surface area (Å²) in [6.07, 6.45) is 0. The average molecular weight is 444 g/mol. The Balaban J connectivity index is 1.32. The molecular formula is C23H26FN3O3S. The van der Waals surface area contributed by atoms with Crippen LogP contribution in [-0.4, -0.2) is 78.6 Å². The number of halogens is 1. The van der Waals surface area contributed by atoms with E-state index in [1.165, 1.54) is 12.1 Å². The third kappa shape index (κ3) is 4.85. The van der Waals surface area contributed by atoms with E-state index in [9.17, 15) is 14.0 Å². The maximum atomic E-state index is 13.4. The molecule has 31 heavy (non-hydrogen) atoms. The fourth-order valence-electron chi connectivity index (χ4n) is 4.05. The second-order valence-corrected chi connectivity index (χ2v) is 8.71. The van der Waals surface area contributed by atoms with Crippen molar-refractivity contribution in [2.24, 2.45) is 0 Å². The molecule has 2 amide bonds. The lowest BCUT2D eigenvalue weighted by atomic mass is 10.1. The summed E-state index contributed by atoms with van der Waals surface area (Å²) in [5.41, 5.74) is 1.40. The molecule has 0 N–H and O–H groups in total. The third-order valence-electron chi connectivity index (χ3n) is 5.76. The van der Waals surface area contributed by atoms with E-state index >= 15 is 0 Å². The van der Waals surface area contributed by atoms with E-state index in [0.717, 1.165) is 30.9 Å². The van der Waals surface area contributed by atoms with Crippen molar-refractivity contribution < 1.29 is 18.7 Å². The van der Waals surface area contributed by atoms with Crippen molar-refractivity contribution in [1.29, 1.82) is 0 Å². The van der Waals surface area contributed by atoms with Crippen molar-refractivity contribution in [3.05, 3.63) is 65.5 Å². The smallest absolute Gasteiger partial charge is 0.254 e. The number of ether oxygens (including phenoxy) is 1. The van der Waals surface area contributed by atoms with E-state index in [2.05, 4.69) is 4.90 Å². The summed E-state index contributed by atoms with van der Waals surface area (Å²) in [5, 5.41) is -0.0421. The molecule has 6 nitrogen and oxygen atoms in total. The lowest BCUT2D eigenvalue weighted by molar-refractivity contribution is -0.128. The van der Waals surface area contributed by atoms with Crippen molar-refractivity contribution in [2.75, 3.05) is 52.1 Å². The highest BCUT2D eigenvalue weighted by Crippen LogP contribution is 2.42. The van der Waals surface area contributed by atoms with Crippen LogP contribution < -0.4 is 4.74 Å². The van der Waals surface area contributed by atoms with Crippen molar-refractivity contribution in [2.45, 2.75) is 5.37 Å². The van der Waals surface area contributed by atoms with Gasteiger partial charge in [-0.15, -0.1) is 11.8 Å². The van der Waals surface area contributed by atoms with E-state index in [0.29, 0.717) is 31.0 Å². The van der Waals surface area contributed by atoms with E-state index in [1.807, 2.05) is 29.2 Å². The number of hydrogen-bond donors (Lipinski definition) is 0. The second-order valence-electron chi connectivity index (χ2n) is 7.64. The van der Waals surface area contributed by atoms with Gasteiger partial charge in [0.1, 0.15) is 16.9 Å². The highest BCUT2D eigenvalue weighted by Gasteiger charge is 2.34. The standard InChI is InChI=1S/C23H26FN3O3S/c1-30-20-8-3-2-7-19(20)23-27(21(28)16-31-23)14-11-25-9-12-26(13-10-25)22(29)17-5-4-6-18(24)15-17/h2-8,15,23H,9-14,16H2,1H3/t23-/m1/s1. The summed E-state index contributed by atoms with van der Waals surface area (Å²) >= 11 is 1.63. The molecule has 2 heterocycles. The molecule has 2 aliphatic heterocycles. The van der Waals surface area contributed by atoms with Gasteiger partial charge >= 0.3 is 0 Å². The van der Waals surface area contributed by atoms with Gasteiger partial charge < -0.3 is 14.5 Å². The van der Waals surface area contributed by atoms with Crippen LogP contribution in [0.5, 0.6) is 5.75 Å². The third-order valence-corrected chi connectivity index (χ3v) is 7.00. The first-order valence-electron chi connectivity index (χ1n) is 10.4. The fourth-order valence-corrected chi connectivity index (χ4v) is 5.30. The first-order valence-corrected chi connectivity index (χ1v) is 11.4. The number of benzene rings is 2. The Kier molecular flexibility index (Phi) is 6.77. The van der Waals surface area contributed by atoms with E-state index < -0.39 is 5.82 Å². The lowest BCUT2D eigenvalue weighted by Gasteiger charge is -2.36.